The van der Waals surface area contributed by atoms with Gasteiger partial charge in [0, 0.05) is 26.1 Å². The Kier molecular flexibility index (Phi) is 3.53. The average Bonchev–Trinajstić information content (AvgIpc) is 2.32. The number of rotatable bonds is 4. The van der Waals surface area contributed by atoms with Crippen molar-refractivity contribution in [2.45, 2.75) is 26.7 Å². The van der Waals surface area contributed by atoms with Crippen LogP contribution in [0.2, 0.25) is 0 Å². The molecule has 3 heteroatoms. The number of nitrogens with zero attached hydrogens (tertiary/aromatic N) is 2. The Morgan fingerprint density at radius 1 is 1.43 bits per heavy atom. The molecule has 0 aliphatic carbocycles. The summed E-state index contributed by atoms with van der Waals surface area (Å²) in [5, 5.41) is 7.78. The summed E-state index contributed by atoms with van der Waals surface area (Å²) in [6.45, 7) is 7.73. The Balaban J connectivity index is 2.45. The third kappa shape index (κ3) is 3.29. The lowest BCUT2D eigenvalue weighted by Gasteiger charge is -2.33. The van der Waals surface area contributed by atoms with Gasteiger partial charge in [0.2, 0.25) is 0 Å². The van der Waals surface area contributed by atoms with Crippen molar-refractivity contribution in [1.29, 1.82) is 5.41 Å². The highest BCUT2D eigenvalue weighted by atomic mass is 15.2. The molecule has 0 bridgehead atoms. The van der Waals surface area contributed by atoms with E-state index >= 15 is 0 Å². The number of hydrogen-bond donors (Lipinski definition) is 1. The summed E-state index contributed by atoms with van der Waals surface area (Å²) < 4.78 is 0. The van der Waals surface area contributed by atoms with Crippen LogP contribution in [0, 0.1) is 10.8 Å². The monoisotopic (exact) mass is 197 g/mol. The van der Waals surface area contributed by atoms with E-state index in [-0.39, 0.29) is 5.41 Å². The predicted octanol–water partition coefficient (Wildman–Crippen LogP) is 1.65. The zero-order valence-corrected chi connectivity index (χ0v) is 9.93. The van der Waals surface area contributed by atoms with E-state index in [9.17, 15) is 0 Å². The molecule has 1 rings (SSSR count). The first-order valence-corrected chi connectivity index (χ1v) is 5.38. The molecule has 1 fully saturated rings. The van der Waals surface area contributed by atoms with E-state index in [0.29, 0.717) is 0 Å². The van der Waals surface area contributed by atoms with Gasteiger partial charge < -0.3 is 9.80 Å². The quantitative estimate of drug-likeness (QED) is 0.743. The second kappa shape index (κ2) is 4.30. The Morgan fingerprint density at radius 2 is 2.07 bits per heavy atom. The Morgan fingerprint density at radius 3 is 2.50 bits per heavy atom. The first kappa shape index (κ1) is 11.5. The van der Waals surface area contributed by atoms with Gasteiger partial charge in [-0.3, -0.25) is 5.41 Å². The second-order valence-corrected chi connectivity index (χ2v) is 5.37. The Bertz CT molecular complexity index is 209. The van der Waals surface area contributed by atoms with Gasteiger partial charge in [-0.2, -0.15) is 0 Å². The van der Waals surface area contributed by atoms with Crippen LogP contribution in [0.1, 0.15) is 26.7 Å². The van der Waals surface area contributed by atoms with E-state index in [1.54, 1.807) is 0 Å². The van der Waals surface area contributed by atoms with Gasteiger partial charge in [-0.25, -0.2) is 0 Å². The van der Waals surface area contributed by atoms with E-state index in [4.69, 9.17) is 5.41 Å². The molecule has 0 aromatic rings. The normalized spacial score (nSPS) is 18.4. The zero-order chi connectivity index (χ0) is 10.8. The minimum atomic E-state index is 0.278. The lowest BCUT2D eigenvalue weighted by Crippen LogP contribution is -2.40. The SMILES string of the molecule is CN(C)CC(C)(C)CN1CCCC1=N. The van der Waals surface area contributed by atoms with Crippen LogP contribution in [0.3, 0.4) is 0 Å². The largest absolute Gasteiger partial charge is 0.360 e. The predicted molar refractivity (Wildman–Crippen MR) is 60.9 cm³/mol. The summed E-state index contributed by atoms with van der Waals surface area (Å²) in [6, 6.07) is 0. The smallest absolute Gasteiger partial charge is 0.0958 e. The molecule has 82 valence electrons. The van der Waals surface area contributed by atoms with Gasteiger partial charge in [-0.15, -0.1) is 0 Å². The lowest BCUT2D eigenvalue weighted by atomic mass is 9.92. The van der Waals surface area contributed by atoms with Crippen molar-refractivity contribution >= 4 is 5.84 Å². The Hall–Kier alpha value is -0.570. The molecule has 1 saturated heterocycles. The van der Waals surface area contributed by atoms with Crippen LogP contribution < -0.4 is 0 Å². The molecular formula is C11H23N3. The molecule has 1 N–H and O–H groups in total. The number of likely N-dealkylation sites (tertiary alicyclic amines) is 1. The minimum Gasteiger partial charge on any atom is -0.360 e. The molecule has 3 nitrogen and oxygen atoms in total. The van der Waals surface area contributed by atoms with Crippen molar-refractivity contribution in [2.75, 3.05) is 33.7 Å². The molecule has 0 saturated carbocycles. The minimum absolute atomic E-state index is 0.278. The molecule has 0 spiro atoms. The van der Waals surface area contributed by atoms with Gasteiger partial charge in [0.15, 0.2) is 0 Å². The second-order valence-electron chi connectivity index (χ2n) is 5.37. The van der Waals surface area contributed by atoms with Crippen LogP contribution in [-0.4, -0.2) is 49.4 Å². The first-order chi connectivity index (χ1) is 6.41. The molecule has 0 radical (unpaired) electrons. The van der Waals surface area contributed by atoms with E-state index in [0.717, 1.165) is 38.3 Å². The maximum Gasteiger partial charge on any atom is 0.0958 e. The van der Waals surface area contributed by atoms with Gasteiger partial charge in [-0.05, 0) is 25.9 Å². The van der Waals surface area contributed by atoms with E-state index in [1.807, 2.05) is 0 Å². The summed E-state index contributed by atoms with van der Waals surface area (Å²) in [7, 11) is 4.22. The van der Waals surface area contributed by atoms with Gasteiger partial charge in [0.25, 0.3) is 0 Å². The van der Waals surface area contributed by atoms with E-state index < -0.39 is 0 Å². The third-order valence-electron chi connectivity index (χ3n) is 2.59. The van der Waals surface area contributed by atoms with Crippen LogP contribution in [0.25, 0.3) is 0 Å². The van der Waals surface area contributed by atoms with Crippen molar-refractivity contribution in [3.8, 4) is 0 Å². The summed E-state index contributed by atoms with van der Waals surface area (Å²) in [4.78, 5) is 4.45. The van der Waals surface area contributed by atoms with Crippen LogP contribution in [0.5, 0.6) is 0 Å². The summed E-state index contributed by atoms with van der Waals surface area (Å²) in [6.07, 6.45) is 2.13. The number of amidine groups is 1. The van der Waals surface area contributed by atoms with Crippen LogP contribution in [0.15, 0.2) is 0 Å². The van der Waals surface area contributed by atoms with Crippen LogP contribution in [-0.2, 0) is 0 Å². The van der Waals surface area contributed by atoms with Crippen LogP contribution in [0.4, 0.5) is 0 Å². The molecular weight excluding hydrogens is 174 g/mol. The molecule has 1 heterocycles. The molecule has 0 aromatic heterocycles. The first-order valence-electron chi connectivity index (χ1n) is 5.38. The standard InChI is InChI=1S/C11H23N3/c1-11(2,8-13(3)4)9-14-7-5-6-10(14)12/h12H,5-9H2,1-4H3. The van der Waals surface area contributed by atoms with Gasteiger partial charge in [0.1, 0.15) is 0 Å². The fourth-order valence-corrected chi connectivity index (χ4v) is 2.33. The molecule has 1 aliphatic rings. The van der Waals surface area contributed by atoms with Crippen LogP contribution >= 0.6 is 0 Å². The van der Waals surface area contributed by atoms with Gasteiger partial charge >= 0.3 is 0 Å². The highest BCUT2D eigenvalue weighted by molar-refractivity contribution is 5.80. The van der Waals surface area contributed by atoms with Crippen molar-refractivity contribution < 1.29 is 0 Å². The summed E-state index contributed by atoms with van der Waals surface area (Å²) in [5.41, 5.74) is 0.278. The molecule has 14 heavy (non-hydrogen) atoms. The number of hydrogen-bond acceptors (Lipinski definition) is 2. The highest BCUT2D eigenvalue weighted by Crippen LogP contribution is 2.21. The molecule has 0 aromatic carbocycles. The van der Waals surface area contributed by atoms with Crippen molar-refractivity contribution in [1.82, 2.24) is 9.80 Å². The summed E-state index contributed by atoms with van der Waals surface area (Å²) >= 11 is 0. The lowest BCUT2D eigenvalue weighted by molar-refractivity contribution is 0.194. The third-order valence-corrected chi connectivity index (χ3v) is 2.59. The maximum absolute atomic E-state index is 7.78. The van der Waals surface area contributed by atoms with Crippen molar-refractivity contribution in [3.63, 3.8) is 0 Å². The van der Waals surface area contributed by atoms with Crippen molar-refractivity contribution in [2.24, 2.45) is 5.41 Å². The van der Waals surface area contributed by atoms with E-state index in [2.05, 4.69) is 37.7 Å². The Labute approximate surface area is 87.6 Å². The van der Waals surface area contributed by atoms with Crippen molar-refractivity contribution in [3.05, 3.63) is 0 Å². The molecule has 0 unspecified atom stereocenters. The maximum atomic E-state index is 7.78. The van der Waals surface area contributed by atoms with Gasteiger partial charge in [-0.1, -0.05) is 13.8 Å². The van der Waals surface area contributed by atoms with Gasteiger partial charge in [0.05, 0.1) is 5.84 Å². The van der Waals surface area contributed by atoms with E-state index in [1.165, 1.54) is 0 Å². The fourth-order valence-electron chi connectivity index (χ4n) is 2.33. The summed E-state index contributed by atoms with van der Waals surface area (Å²) in [5.74, 6) is 0.830. The zero-order valence-electron chi connectivity index (χ0n) is 9.93. The molecule has 0 amide bonds. The molecule has 1 aliphatic heterocycles. The number of nitrogens with one attached hydrogen (secondary N) is 1. The average molecular weight is 197 g/mol. The fraction of sp³-hybridized carbons (Fsp3) is 0.909. The topological polar surface area (TPSA) is 30.3 Å². The highest BCUT2D eigenvalue weighted by Gasteiger charge is 2.26. The molecule has 0 atom stereocenters.